The number of amides is 2. The molecule has 0 unspecified atom stereocenters. The zero-order chi connectivity index (χ0) is 21.1. The van der Waals surface area contributed by atoms with E-state index in [0.717, 1.165) is 32.7 Å². The lowest BCUT2D eigenvalue weighted by atomic mass is 9.93. The normalized spacial score (nSPS) is 18.7. The second kappa shape index (κ2) is 8.71. The number of likely N-dealkylation sites (N-methyl/N-ethyl adjacent to an activating group) is 1. The molecule has 2 aromatic carbocycles. The van der Waals surface area contributed by atoms with E-state index >= 15 is 0 Å². The fraction of sp³-hybridized carbons (Fsp3) is 0.333. The third-order valence-electron chi connectivity index (χ3n) is 5.81. The van der Waals surface area contributed by atoms with Crippen LogP contribution in [0.5, 0.6) is 5.75 Å². The van der Waals surface area contributed by atoms with Crippen molar-refractivity contribution >= 4 is 23.1 Å². The summed E-state index contributed by atoms with van der Waals surface area (Å²) in [5, 5.41) is 0. The zero-order valence-electron chi connectivity index (χ0n) is 17.6. The summed E-state index contributed by atoms with van der Waals surface area (Å²) in [5.74, 6) is -0.100. The Labute approximate surface area is 177 Å². The molecule has 0 bridgehead atoms. The van der Waals surface area contributed by atoms with Crippen LogP contribution in [0, 0.1) is 0 Å². The van der Waals surface area contributed by atoms with E-state index in [4.69, 9.17) is 4.74 Å². The molecule has 2 aliphatic heterocycles. The fourth-order valence-electron chi connectivity index (χ4n) is 4.12. The molecule has 30 heavy (non-hydrogen) atoms. The van der Waals surface area contributed by atoms with Crippen molar-refractivity contribution in [2.75, 3.05) is 44.2 Å². The Morgan fingerprint density at radius 1 is 0.933 bits per heavy atom. The maximum atomic E-state index is 13.6. The number of benzene rings is 2. The van der Waals surface area contributed by atoms with Crippen molar-refractivity contribution in [1.29, 1.82) is 0 Å². The molecule has 1 fully saturated rings. The predicted molar refractivity (Wildman–Crippen MR) is 117 cm³/mol. The number of quaternary nitrogens is 1. The Bertz CT molecular complexity index is 977. The number of piperazine rings is 1. The van der Waals surface area contributed by atoms with E-state index in [-0.39, 0.29) is 11.8 Å². The summed E-state index contributed by atoms with van der Waals surface area (Å²) in [4.78, 5) is 31.9. The first-order chi connectivity index (χ1) is 14.6. The number of hydrogen-bond donors (Lipinski definition) is 1. The first-order valence-electron chi connectivity index (χ1n) is 10.6. The van der Waals surface area contributed by atoms with Crippen molar-refractivity contribution in [3.8, 4) is 5.75 Å². The number of nitrogens with zero attached hydrogens (tertiary/aromatic N) is 2. The Balaban J connectivity index is 1.76. The number of nitrogens with one attached hydrogen (secondary N) is 1. The van der Waals surface area contributed by atoms with Gasteiger partial charge in [-0.25, -0.2) is 4.90 Å². The predicted octanol–water partition coefficient (Wildman–Crippen LogP) is 1.83. The van der Waals surface area contributed by atoms with Gasteiger partial charge < -0.3 is 14.5 Å². The number of anilines is 1. The smallest absolute Gasteiger partial charge is 0.267 e. The second-order valence-electron chi connectivity index (χ2n) is 7.57. The Kier molecular flexibility index (Phi) is 5.86. The minimum Gasteiger partial charge on any atom is -0.492 e. The van der Waals surface area contributed by atoms with E-state index in [9.17, 15) is 9.59 Å². The van der Waals surface area contributed by atoms with E-state index in [2.05, 4.69) is 11.8 Å². The molecule has 4 rings (SSSR count). The molecule has 2 heterocycles. The number of rotatable bonds is 5. The Morgan fingerprint density at radius 3 is 2.30 bits per heavy atom. The van der Waals surface area contributed by atoms with E-state index in [1.165, 1.54) is 4.90 Å². The molecule has 0 atom stereocenters. The molecule has 156 valence electrons. The first kappa shape index (κ1) is 20.2. The Morgan fingerprint density at radius 2 is 1.60 bits per heavy atom. The quantitative estimate of drug-likeness (QED) is 0.608. The third kappa shape index (κ3) is 3.71. The molecule has 2 aromatic rings. The summed E-state index contributed by atoms with van der Waals surface area (Å²) in [7, 11) is 0. The standard InChI is InChI=1S/C24H27N3O3/c1-3-25-13-15-26(16-14-25)17-20-18-9-5-6-10-19(18)23(28)27(24(20)29)21-11-7-8-12-22(21)30-4-2/h5-12,17H,3-4,13-16H2,1-2H3/p+1. The van der Waals surface area contributed by atoms with Gasteiger partial charge >= 0.3 is 0 Å². The average Bonchev–Trinajstić information content (AvgIpc) is 2.78. The van der Waals surface area contributed by atoms with E-state index in [1.807, 2.05) is 43.5 Å². The van der Waals surface area contributed by atoms with Crippen LogP contribution in [0.1, 0.15) is 29.8 Å². The van der Waals surface area contributed by atoms with Crippen LogP contribution in [-0.4, -0.2) is 56.0 Å². The van der Waals surface area contributed by atoms with Crippen molar-refractivity contribution in [2.24, 2.45) is 0 Å². The lowest BCUT2D eigenvalue weighted by Crippen LogP contribution is -3.14. The van der Waals surface area contributed by atoms with Gasteiger partial charge in [0.25, 0.3) is 11.8 Å². The molecule has 0 saturated carbocycles. The van der Waals surface area contributed by atoms with Crippen molar-refractivity contribution in [2.45, 2.75) is 13.8 Å². The topological polar surface area (TPSA) is 54.3 Å². The summed E-state index contributed by atoms with van der Waals surface area (Å²) in [6, 6.07) is 14.6. The van der Waals surface area contributed by atoms with Crippen LogP contribution >= 0.6 is 0 Å². The number of imide groups is 1. The zero-order valence-corrected chi connectivity index (χ0v) is 17.6. The SMILES string of the molecule is CCOc1ccccc1N1C(=O)C(=CN2CC[NH+](CC)CC2)c2ccccc2C1=O. The molecule has 2 amide bonds. The van der Waals surface area contributed by atoms with Gasteiger partial charge in [0.05, 0.1) is 50.6 Å². The molecule has 1 N–H and O–H groups in total. The van der Waals surface area contributed by atoms with Gasteiger partial charge in [-0.1, -0.05) is 30.3 Å². The van der Waals surface area contributed by atoms with Crippen LogP contribution < -0.4 is 14.5 Å². The average molecular weight is 407 g/mol. The number of fused-ring (bicyclic) bond motifs is 1. The summed E-state index contributed by atoms with van der Waals surface area (Å²) in [6.07, 6.45) is 1.94. The highest BCUT2D eigenvalue weighted by Gasteiger charge is 2.37. The van der Waals surface area contributed by atoms with Gasteiger partial charge in [0.2, 0.25) is 0 Å². The molecule has 0 aromatic heterocycles. The molecular weight excluding hydrogens is 378 g/mol. The van der Waals surface area contributed by atoms with Crippen LogP contribution in [-0.2, 0) is 4.79 Å². The van der Waals surface area contributed by atoms with Gasteiger partial charge in [-0.05, 0) is 32.0 Å². The van der Waals surface area contributed by atoms with Crippen LogP contribution in [0.4, 0.5) is 5.69 Å². The molecule has 2 aliphatic rings. The molecule has 6 nitrogen and oxygen atoms in total. The minimum atomic E-state index is -0.319. The van der Waals surface area contributed by atoms with E-state index < -0.39 is 0 Å². The monoisotopic (exact) mass is 406 g/mol. The largest absolute Gasteiger partial charge is 0.492 e. The van der Waals surface area contributed by atoms with Gasteiger partial charge in [-0.15, -0.1) is 0 Å². The third-order valence-corrected chi connectivity index (χ3v) is 5.81. The molecule has 0 aliphatic carbocycles. The minimum absolute atomic E-state index is 0.309. The Hall–Kier alpha value is -3.12. The van der Waals surface area contributed by atoms with Gasteiger partial charge in [0.1, 0.15) is 5.75 Å². The summed E-state index contributed by atoms with van der Waals surface area (Å²) in [5.41, 5.74) is 2.27. The summed E-state index contributed by atoms with van der Waals surface area (Å²) in [6.45, 7) is 9.53. The van der Waals surface area contributed by atoms with Crippen molar-refractivity contribution in [3.63, 3.8) is 0 Å². The molecule has 0 radical (unpaired) electrons. The van der Waals surface area contributed by atoms with Crippen molar-refractivity contribution in [3.05, 3.63) is 65.9 Å². The first-order valence-corrected chi connectivity index (χ1v) is 10.6. The lowest BCUT2D eigenvalue weighted by Gasteiger charge is -2.33. The van der Waals surface area contributed by atoms with Crippen LogP contribution in [0.25, 0.3) is 5.57 Å². The fourth-order valence-corrected chi connectivity index (χ4v) is 4.12. The maximum Gasteiger partial charge on any atom is 0.267 e. The van der Waals surface area contributed by atoms with E-state index in [0.29, 0.717) is 34.7 Å². The summed E-state index contributed by atoms with van der Waals surface area (Å²) >= 11 is 0. The van der Waals surface area contributed by atoms with Gasteiger partial charge in [0.15, 0.2) is 0 Å². The highest BCUT2D eigenvalue weighted by molar-refractivity contribution is 6.41. The van der Waals surface area contributed by atoms with E-state index in [1.54, 1.807) is 23.1 Å². The highest BCUT2D eigenvalue weighted by Crippen LogP contribution is 2.36. The molecule has 0 spiro atoms. The van der Waals surface area contributed by atoms with Gasteiger partial charge in [-0.2, -0.15) is 0 Å². The lowest BCUT2D eigenvalue weighted by molar-refractivity contribution is -0.902. The van der Waals surface area contributed by atoms with Crippen LogP contribution in [0.15, 0.2) is 54.7 Å². The highest BCUT2D eigenvalue weighted by atomic mass is 16.5. The number of hydrogen-bond acceptors (Lipinski definition) is 4. The molecule has 1 saturated heterocycles. The molecular formula is C24H28N3O3+. The van der Waals surface area contributed by atoms with Crippen molar-refractivity contribution < 1.29 is 19.2 Å². The number of ether oxygens (including phenoxy) is 1. The van der Waals surface area contributed by atoms with Crippen molar-refractivity contribution in [1.82, 2.24) is 4.90 Å². The number of carbonyl (C=O) groups is 2. The maximum absolute atomic E-state index is 13.6. The van der Waals surface area contributed by atoms with Crippen LogP contribution in [0.2, 0.25) is 0 Å². The number of carbonyl (C=O) groups excluding carboxylic acids is 2. The van der Waals surface area contributed by atoms with Gasteiger partial charge in [0, 0.05) is 17.3 Å². The second-order valence-corrected chi connectivity index (χ2v) is 7.57. The van der Waals surface area contributed by atoms with Gasteiger partial charge in [-0.3, -0.25) is 9.59 Å². The van der Waals surface area contributed by atoms with Crippen LogP contribution in [0.3, 0.4) is 0 Å². The summed E-state index contributed by atoms with van der Waals surface area (Å²) < 4.78 is 5.71. The molecule has 6 heteroatoms. The number of para-hydroxylation sites is 2.